The molecule has 0 aliphatic carbocycles. The van der Waals surface area contributed by atoms with Crippen LogP contribution >= 0.6 is 23.4 Å². The second kappa shape index (κ2) is 11.2. The van der Waals surface area contributed by atoms with Gasteiger partial charge in [-0.05, 0) is 37.6 Å². The first-order chi connectivity index (χ1) is 11.0. The first kappa shape index (κ1) is 19.6. The lowest BCUT2D eigenvalue weighted by Crippen LogP contribution is -2.39. The highest BCUT2D eigenvalue weighted by Gasteiger charge is 2.06. The molecule has 1 aromatic rings. The van der Waals surface area contributed by atoms with Crippen molar-refractivity contribution < 1.29 is 9.59 Å². The third-order valence-electron chi connectivity index (χ3n) is 3.13. The van der Waals surface area contributed by atoms with Crippen molar-refractivity contribution in [1.82, 2.24) is 16.0 Å². The van der Waals surface area contributed by atoms with Gasteiger partial charge in [-0.15, -0.1) is 11.8 Å². The Morgan fingerprint density at radius 1 is 1.17 bits per heavy atom. The maximum atomic E-state index is 11.6. The van der Waals surface area contributed by atoms with Crippen molar-refractivity contribution in [2.75, 3.05) is 18.8 Å². The summed E-state index contributed by atoms with van der Waals surface area (Å²) in [7, 11) is 0. The van der Waals surface area contributed by atoms with Crippen LogP contribution in [0, 0.1) is 0 Å². The summed E-state index contributed by atoms with van der Waals surface area (Å²) < 4.78 is 0. The van der Waals surface area contributed by atoms with E-state index in [-0.39, 0.29) is 24.4 Å². The summed E-state index contributed by atoms with van der Waals surface area (Å²) in [4.78, 5) is 24.2. The first-order valence-corrected chi connectivity index (χ1v) is 9.07. The van der Waals surface area contributed by atoms with Crippen LogP contribution in [-0.4, -0.2) is 36.8 Å². The molecule has 0 heterocycles. The number of carbonyl (C=O) groups excluding carboxylic acids is 2. The number of nitrogens with one attached hydrogen (secondary N) is 3. The number of rotatable bonds is 9. The molecule has 128 valence electrons. The molecule has 0 saturated heterocycles. The van der Waals surface area contributed by atoms with Crippen molar-refractivity contribution >= 4 is 35.3 Å². The summed E-state index contributed by atoms with van der Waals surface area (Å²) in [6, 6.07) is 7.49. The van der Waals surface area contributed by atoms with Gasteiger partial charge in [-0.2, -0.15) is 0 Å². The fourth-order valence-corrected chi connectivity index (χ4v) is 2.56. The highest BCUT2D eigenvalue weighted by Crippen LogP contribution is 2.19. The molecule has 0 spiro atoms. The van der Waals surface area contributed by atoms with E-state index in [1.54, 1.807) is 11.8 Å². The number of hydrogen-bond acceptors (Lipinski definition) is 3. The second-order valence-electron chi connectivity index (χ2n) is 5.11. The Balaban J connectivity index is 2.06. The molecule has 1 aromatic carbocycles. The Kier molecular flexibility index (Phi) is 9.55. The van der Waals surface area contributed by atoms with Gasteiger partial charge in [-0.1, -0.05) is 18.5 Å². The van der Waals surface area contributed by atoms with Crippen molar-refractivity contribution in [3.05, 3.63) is 29.3 Å². The van der Waals surface area contributed by atoms with Gasteiger partial charge in [0.1, 0.15) is 0 Å². The van der Waals surface area contributed by atoms with Gasteiger partial charge in [0.05, 0.1) is 0 Å². The molecule has 1 rings (SSSR count). The van der Waals surface area contributed by atoms with E-state index in [0.717, 1.165) is 17.1 Å². The van der Waals surface area contributed by atoms with E-state index in [2.05, 4.69) is 16.0 Å². The Morgan fingerprint density at radius 2 is 1.83 bits per heavy atom. The van der Waals surface area contributed by atoms with Crippen molar-refractivity contribution in [2.45, 2.75) is 37.6 Å². The summed E-state index contributed by atoms with van der Waals surface area (Å²) in [5, 5.41) is 9.00. The van der Waals surface area contributed by atoms with E-state index >= 15 is 0 Å². The minimum atomic E-state index is -0.252. The lowest BCUT2D eigenvalue weighted by atomic mass is 10.2. The molecule has 0 aromatic heterocycles. The number of hydrogen-bond donors (Lipinski definition) is 3. The average molecular weight is 358 g/mol. The molecular weight excluding hydrogens is 334 g/mol. The van der Waals surface area contributed by atoms with Gasteiger partial charge in [0.25, 0.3) is 0 Å². The molecule has 1 unspecified atom stereocenters. The van der Waals surface area contributed by atoms with Crippen molar-refractivity contribution in [3.8, 4) is 0 Å². The van der Waals surface area contributed by atoms with E-state index in [4.69, 9.17) is 11.6 Å². The first-order valence-electron chi connectivity index (χ1n) is 7.70. The van der Waals surface area contributed by atoms with Gasteiger partial charge < -0.3 is 16.0 Å². The zero-order chi connectivity index (χ0) is 17.1. The van der Waals surface area contributed by atoms with Crippen LogP contribution in [-0.2, 0) is 4.79 Å². The topological polar surface area (TPSA) is 70.2 Å². The number of halogens is 1. The molecule has 0 aliphatic rings. The minimum absolute atomic E-state index is 0.0436. The third kappa shape index (κ3) is 9.36. The maximum Gasteiger partial charge on any atom is 0.314 e. The summed E-state index contributed by atoms with van der Waals surface area (Å²) in [5.41, 5.74) is 0. The zero-order valence-electron chi connectivity index (χ0n) is 13.5. The van der Waals surface area contributed by atoms with Crippen LogP contribution in [0.3, 0.4) is 0 Å². The number of thioether (sulfide) groups is 1. The standard InChI is InChI=1S/C16H24ClN3O2S/c1-3-12(2)20-15(21)8-9-18-16(22)19-10-11-23-14-6-4-13(17)5-7-14/h4-7,12H,3,8-11H2,1-2H3,(H,20,21)(H2,18,19,22). The number of urea groups is 1. The fraction of sp³-hybridized carbons (Fsp3) is 0.500. The molecule has 0 radical (unpaired) electrons. The fourth-order valence-electron chi connectivity index (χ4n) is 1.67. The summed E-state index contributed by atoms with van der Waals surface area (Å²) in [5.74, 6) is 0.724. The van der Waals surface area contributed by atoms with Gasteiger partial charge in [-0.25, -0.2) is 4.79 Å². The Morgan fingerprint density at radius 3 is 2.48 bits per heavy atom. The average Bonchev–Trinajstić information content (AvgIpc) is 2.53. The highest BCUT2D eigenvalue weighted by molar-refractivity contribution is 7.99. The monoisotopic (exact) mass is 357 g/mol. The molecule has 3 N–H and O–H groups in total. The summed E-state index contributed by atoms with van der Waals surface area (Å²) in [6.07, 6.45) is 1.18. The van der Waals surface area contributed by atoms with Crippen LogP contribution < -0.4 is 16.0 Å². The van der Waals surface area contributed by atoms with Crippen LogP contribution in [0.2, 0.25) is 5.02 Å². The smallest absolute Gasteiger partial charge is 0.314 e. The molecule has 1 atom stereocenters. The predicted molar refractivity (Wildman–Crippen MR) is 96.1 cm³/mol. The molecule has 3 amide bonds. The SMILES string of the molecule is CCC(C)NC(=O)CCNC(=O)NCCSc1ccc(Cl)cc1. The van der Waals surface area contributed by atoms with Crippen LogP contribution in [0.15, 0.2) is 29.2 Å². The van der Waals surface area contributed by atoms with Gasteiger partial charge >= 0.3 is 6.03 Å². The zero-order valence-corrected chi connectivity index (χ0v) is 15.1. The maximum absolute atomic E-state index is 11.6. The molecule has 0 fully saturated rings. The molecule has 0 aliphatic heterocycles. The molecular formula is C16H24ClN3O2S. The Labute approximate surface area is 146 Å². The minimum Gasteiger partial charge on any atom is -0.354 e. The summed E-state index contributed by atoms with van der Waals surface area (Å²) >= 11 is 7.46. The van der Waals surface area contributed by atoms with Crippen LogP contribution in [0.5, 0.6) is 0 Å². The Hall–Kier alpha value is -1.40. The van der Waals surface area contributed by atoms with E-state index in [0.29, 0.717) is 18.1 Å². The normalized spacial score (nSPS) is 11.6. The quantitative estimate of drug-likeness (QED) is 0.470. The third-order valence-corrected chi connectivity index (χ3v) is 4.39. The van der Waals surface area contributed by atoms with Crippen molar-refractivity contribution in [3.63, 3.8) is 0 Å². The number of carbonyl (C=O) groups is 2. The lowest BCUT2D eigenvalue weighted by molar-refractivity contribution is -0.121. The van der Waals surface area contributed by atoms with Crippen molar-refractivity contribution in [2.24, 2.45) is 0 Å². The van der Waals surface area contributed by atoms with Gasteiger partial charge in [0.15, 0.2) is 0 Å². The van der Waals surface area contributed by atoms with Gasteiger partial charge in [0, 0.05) is 41.2 Å². The van der Waals surface area contributed by atoms with E-state index in [1.165, 1.54) is 0 Å². The number of benzene rings is 1. The largest absolute Gasteiger partial charge is 0.354 e. The van der Waals surface area contributed by atoms with Gasteiger partial charge in [-0.3, -0.25) is 4.79 Å². The molecule has 0 bridgehead atoms. The van der Waals surface area contributed by atoms with Crippen LogP contribution in [0.4, 0.5) is 4.79 Å². The molecule has 5 nitrogen and oxygen atoms in total. The van der Waals surface area contributed by atoms with Crippen LogP contribution in [0.1, 0.15) is 26.7 Å². The molecule has 23 heavy (non-hydrogen) atoms. The van der Waals surface area contributed by atoms with Crippen molar-refractivity contribution in [1.29, 1.82) is 0 Å². The lowest BCUT2D eigenvalue weighted by Gasteiger charge is -2.11. The second-order valence-corrected chi connectivity index (χ2v) is 6.72. The Bertz CT molecular complexity index is 497. The van der Waals surface area contributed by atoms with E-state index in [1.807, 2.05) is 38.1 Å². The highest BCUT2D eigenvalue weighted by atomic mass is 35.5. The van der Waals surface area contributed by atoms with E-state index < -0.39 is 0 Å². The van der Waals surface area contributed by atoms with Gasteiger partial charge in [0.2, 0.25) is 5.91 Å². The van der Waals surface area contributed by atoms with E-state index in [9.17, 15) is 9.59 Å². The number of amides is 3. The van der Waals surface area contributed by atoms with Crippen LogP contribution in [0.25, 0.3) is 0 Å². The molecule has 0 saturated carbocycles. The molecule has 7 heteroatoms. The predicted octanol–water partition coefficient (Wildman–Crippen LogP) is 3.04. The summed E-state index contributed by atoms with van der Waals surface area (Å²) in [6.45, 7) is 4.85.